The third-order valence-electron chi connectivity index (χ3n) is 3.35. The molecule has 23 heavy (non-hydrogen) atoms. The Labute approximate surface area is 131 Å². The van der Waals surface area contributed by atoms with Crippen LogP contribution in [-0.4, -0.2) is 72.8 Å². The Bertz CT molecular complexity index is 635. The predicted octanol–water partition coefficient (Wildman–Crippen LogP) is -3.08. The monoisotopic (exact) mass is 327 g/mol. The third-order valence-corrected chi connectivity index (χ3v) is 3.35. The van der Waals surface area contributed by atoms with Gasteiger partial charge < -0.3 is 37.3 Å². The van der Waals surface area contributed by atoms with Gasteiger partial charge in [-0.25, -0.2) is 15.0 Å². The summed E-state index contributed by atoms with van der Waals surface area (Å²) in [6.45, 7) is 0.804. The van der Waals surface area contributed by atoms with Gasteiger partial charge in [0.15, 0.2) is 17.7 Å². The molecule has 1 saturated heterocycles. The second-order valence-electron chi connectivity index (χ2n) is 4.89. The van der Waals surface area contributed by atoms with Crippen LogP contribution in [0.1, 0.15) is 6.23 Å². The number of imidazole rings is 1. The maximum atomic E-state index is 9.95. The van der Waals surface area contributed by atoms with E-state index in [0.29, 0.717) is 24.3 Å². The summed E-state index contributed by atoms with van der Waals surface area (Å²) in [4.78, 5) is 11.9. The van der Waals surface area contributed by atoms with Crippen LogP contribution in [0.4, 0.5) is 5.82 Å². The first-order valence-corrected chi connectivity index (χ1v) is 7.00. The van der Waals surface area contributed by atoms with E-state index in [1.54, 1.807) is 0 Å². The lowest BCUT2D eigenvalue weighted by Gasteiger charge is -2.16. The van der Waals surface area contributed by atoms with Gasteiger partial charge in [-0.05, 0) is 0 Å². The van der Waals surface area contributed by atoms with Crippen LogP contribution in [0.5, 0.6) is 0 Å². The highest BCUT2D eigenvalue weighted by Gasteiger charge is 2.43. The van der Waals surface area contributed by atoms with Crippen molar-refractivity contribution in [3.63, 3.8) is 0 Å². The second kappa shape index (κ2) is 7.59. The van der Waals surface area contributed by atoms with Gasteiger partial charge in [-0.3, -0.25) is 4.57 Å². The van der Waals surface area contributed by atoms with Crippen LogP contribution >= 0.6 is 0 Å². The van der Waals surface area contributed by atoms with Crippen molar-refractivity contribution in [1.82, 2.24) is 19.5 Å². The summed E-state index contributed by atoms with van der Waals surface area (Å²) < 4.78 is 6.85. The molecular formula is C12H21N7O4. The molecule has 11 heteroatoms. The number of hydrogen-bond acceptors (Lipinski definition) is 10. The van der Waals surface area contributed by atoms with E-state index in [9.17, 15) is 10.2 Å². The Hall–Kier alpha value is -1.89. The zero-order valence-corrected chi connectivity index (χ0v) is 12.4. The molecule has 3 heterocycles. The SMILES string of the molecule is NCCN.Nc1ncnc2c1ncn2[C@@H]1O[C@H](CO)[C@@H](O)[C@H]1O. The smallest absolute Gasteiger partial charge is 0.167 e. The van der Waals surface area contributed by atoms with Gasteiger partial charge in [0.1, 0.15) is 30.2 Å². The number of anilines is 1. The molecule has 128 valence electrons. The summed E-state index contributed by atoms with van der Waals surface area (Å²) in [6.07, 6.45) is -1.42. The molecule has 2 aromatic rings. The average Bonchev–Trinajstić information content (AvgIpc) is 3.11. The second-order valence-corrected chi connectivity index (χ2v) is 4.89. The van der Waals surface area contributed by atoms with E-state index in [0.717, 1.165) is 0 Å². The van der Waals surface area contributed by atoms with E-state index in [-0.39, 0.29) is 5.82 Å². The molecule has 1 aliphatic heterocycles. The minimum atomic E-state index is -1.19. The van der Waals surface area contributed by atoms with Crippen molar-refractivity contribution in [2.75, 3.05) is 25.4 Å². The van der Waals surface area contributed by atoms with Gasteiger partial charge in [0.2, 0.25) is 0 Å². The molecule has 0 unspecified atom stereocenters. The molecule has 0 aliphatic carbocycles. The lowest BCUT2D eigenvalue weighted by atomic mass is 10.1. The van der Waals surface area contributed by atoms with Gasteiger partial charge >= 0.3 is 0 Å². The van der Waals surface area contributed by atoms with Crippen LogP contribution in [0, 0.1) is 0 Å². The number of aromatic nitrogens is 4. The molecule has 1 fully saturated rings. The summed E-state index contributed by atoms with van der Waals surface area (Å²) in [7, 11) is 0. The van der Waals surface area contributed by atoms with Crippen LogP contribution < -0.4 is 17.2 Å². The van der Waals surface area contributed by atoms with Crippen LogP contribution in [0.15, 0.2) is 12.7 Å². The highest BCUT2D eigenvalue weighted by Crippen LogP contribution is 2.31. The van der Waals surface area contributed by atoms with Gasteiger partial charge in [-0.2, -0.15) is 0 Å². The molecular weight excluding hydrogens is 306 g/mol. The molecule has 0 saturated carbocycles. The number of nitrogens with two attached hydrogens (primary N) is 3. The molecule has 0 radical (unpaired) electrons. The van der Waals surface area contributed by atoms with Crippen LogP contribution in [-0.2, 0) is 4.74 Å². The van der Waals surface area contributed by atoms with Gasteiger partial charge in [0, 0.05) is 13.1 Å². The quantitative estimate of drug-likeness (QED) is 0.337. The van der Waals surface area contributed by atoms with Crippen molar-refractivity contribution in [3.05, 3.63) is 12.7 Å². The maximum absolute atomic E-state index is 9.95. The van der Waals surface area contributed by atoms with Crippen LogP contribution in [0.3, 0.4) is 0 Å². The summed E-state index contributed by atoms with van der Waals surface area (Å²) in [5.41, 5.74) is 16.2. The maximum Gasteiger partial charge on any atom is 0.167 e. The Morgan fingerprint density at radius 2 is 1.83 bits per heavy atom. The van der Waals surface area contributed by atoms with Crippen molar-refractivity contribution in [2.24, 2.45) is 11.5 Å². The first kappa shape index (κ1) is 17.5. The lowest BCUT2D eigenvalue weighted by molar-refractivity contribution is -0.0511. The van der Waals surface area contributed by atoms with E-state index in [1.807, 2.05) is 0 Å². The Balaban J connectivity index is 0.000000433. The minimum absolute atomic E-state index is 0.218. The highest BCUT2D eigenvalue weighted by molar-refractivity contribution is 5.81. The summed E-state index contributed by atoms with van der Waals surface area (Å²) in [5, 5.41) is 28.7. The highest BCUT2D eigenvalue weighted by atomic mass is 16.6. The van der Waals surface area contributed by atoms with Crippen molar-refractivity contribution in [1.29, 1.82) is 0 Å². The minimum Gasteiger partial charge on any atom is -0.394 e. The molecule has 4 atom stereocenters. The van der Waals surface area contributed by atoms with E-state index < -0.39 is 31.1 Å². The van der Waals surface area contributed by atoms with Gasteiger partial charge in [0.25, 0.3) is 0 Å². The Morgan fingerprint density at radius 1 is 1.13 bits per heavy atom. The van der Waals surface area contributed by atoms with Crippen molar-refractivity contribution in [2.45, 2.75) is 24.5 Å². The van der Waals surface area contributed by atoms with Crippen LogP contribution in [0.2, 0.25) is 0 Å². The van der Waals surface area contributed by atoms with E-state index in [1.165, 1.54) is 17.2 Å². The summed E-state index contributed by atoms with van der Waals surface area (Å²) in [6, 6.07) is 0. The fourth-order valence-electron chi connectivity index (χ4n) is 2.17. The summed E-state index contributed by atoms with van der Waals surface area (Å²) in [5.74, 6) is 0.218. The molecule has 0 amide bonds. The first-order valence-electron chi connectivity index (χ1n) is 7.00. The van der Waals surface area contributed by atoms with Gasteiger partial charge in [0.05, 0.1) is 12.9 Å². The zero-order chi connectivity index (χ0) is 17.0. The number of rotatable bonds is 3. The third kappa shape index (κ3) is 3.39. The van der Waals surface area contributed by atoms with E-state index >= 15 is 0 Å². The Kier molecular flexibility index (Phi) is 5.76. The van der Waals surface area contributed by atoms with Gasteiger partial charge in [-0.15, -0.1) is 0 Å². The molecule has 9 N–H and O–H groups in total. The number of ether oxygens (including phenoxy) is 1. The zero-order valence-electron chi connectivity index (χ0n) is 12.4. The number of fused-ring (bicyclic) bond motifs is 1. The average molecular weight is 327 g/mol. The number of nitrogens with zero attached hydrogens (tertiary/aromatic N) is 4. The van der Waals surface area contributed by atoms with Crippen LogP contribution in [0.25, 0.3) is 11.2 Å². The topological polar surface area (TPSA) is 192 Å². The fourth-order valence-corrected chi connectivity index (χ4v) is 2.17. The molecule has 1 aliphatic rings. The number of aliphatic hydroxyl groups excluding tert-OH is 3. The van der Waals surface area contributed by atoms with Crippen molar-refractivity contribution in [3.8, 4) is 0 Å². The number of aliphatic hydroxyl groups is 3. The number of nitrogen functional groups attached to an aromatic ring is 1. The molecule has 0 aromatic carbocycles. The standard InChI is InChI=1S/C10H13N5O4.C2H8N2/c11-8-5-9(13-2-12-8)15(3-14-5)10-7(18)6(17)4(1-16)19-10;3-1-2-4/h2-4,6-7,10,16-18H,1H2,(H2,11,12,13);1-4H2/t4-,6-,7-,10-;/m1./s1. The van der Waals surface area contributed by atoms with E-state index in [4.69, 9.17) is 27.0 Å². The van der Waals surface area contributed by atoms with Crippen molar-refractivity contribution < 1.29 is 20.1 Å². The fraction of sp³-hybridized carbons (Fsp3) is 0.583. The van der Waals surface area contributed by atoms with E-state index in [2.05, 4.69) is 15.0 Å². The summed E-state index contributed by atoms with van der Waals surface area (Å²) >= 11 is 0. The number of hydrogen-bond donors (Lipinski definition) is 6. The molecule has 2 aromatic heterocycles. The van der Waals surface area contributed by atoms with Gasteiger partial charge in [-0.1, -0.05) is 0 Å². The molecule has 0 bridgehead atoms. The first-order chi connectivity index (χ1) is 11.0. The largest absolute Gasteiger partial charge is 0.394 e. The molecule has 0 spiro atoms. The lowest BCUT2D eigenvalue weighted by Crippen LogP contribution is -2.33. The molecule has 11 nitrogen and oxygen atoms in total. The normalized spacial score (nSPS) is 27.0. The van der Waals surface area contributed by atoms with Crippen molar-refractivity contribution >= 4 is 17.0 Å². The molecule has 3 rings (SSSR count). The Morgan fingerprint density at radius 3 is 2.39 bits per heavy atom. The predicted molar refractivity (Wildman–Crippen MR) is 80.9 cm³/mol.